The molecule has 1 aromatic carbocycles. The monoisotopic (exact) mass is 445 g/mol. The van der Waals surface area contributed by atoms with E-state index < -0.39 is 0 Å². The molecule has 1 aliphatic rings. The van der Waals surface area contributed by atoms with Gasteiger partial charge in [0, 0.05) is 36.5 Å². The van der Waals surface area contributed by atoms with E-state index in [-0.39, 0.29) is 11.8 Å². The number of aromatic nitrogens is 3. The average Bonchev–Trinajstić information content (AvgIpc) is 3.39. The van der Waals surface area contributed by atoms with Crippen LogP contribution in [0.15, 0.2) is 53.3 Å². The van der Waals surface area contributed by atoms with Gasteiger partial charge in [-0.15, -0.1) is 10.2 Å². The number of halogens is 1. The second kappa shape index (κ2) is 8.22. The van der Waals surface area contributed by atoms with Crippen molar-refractivity contribution in [3.63, 3.8) is 0 Å². The first kappa shape index (κ1) is 18.2. The molecule has 6 nitrogen and oxygen atoms in total. The summed E-state index contributed by atoms with van der Waals surface area (Å²) in [4.78, 5) is 14.8. The zero-order valence-electron chi connectivity index (χ0n) is 14.7. The lowest BCUT2D eigenvalue weighted by Crippen LogP contribution is -2.43. The van der Waals surface area contributed by atoms with E-state index in [1.165, 1.54) is 0 Å². The van der Waals surface area contributed by atoms with Gasteiger partial charge in [-0.2, -0.15) is 0 Å². The summed E-state index contributed by atoms with van der Waals surface area (Å²) in [7, 11) is 0. The molecule has 1 amide bonds. The number of nitrogens with one attached hydrogen (secondary N) is 1. The van der Waals surface area contributed by atoms with Crippen LogP contribution < -0.4 is 10.2 Å². The van der Waals surface area contributed by atoms with E-state index in [2.05, 4.69) is 36.3 Å². The van der Waals surface area contributed by atoms with E-state index in [1.807, 2.05) is 53.4 Å². The van der Waals surface area contributed by atoms with Crippen molar-refractivity contribution in [2.75, 3.05) is 18.0 Å². The highest BCUT2D eigenvalue weighted by Gasteiger charge is 2.27. The minimum Gasteiger partial charge on any atom is -0.352 e. The van der Waals surface area contributed by atoms with Crippen molar-refractivity contribution in [1.29, 1.82) is 0 Å². The second-order valence-corrected chi connectivity index (χ2v) is 8.34. The van der Waals surface area contributed by atoms with Crippen molar-refractivity contribution >= 4 is 38.3 Å². The maximum absolute atomic E-state index is 12.7. The van der Waals surface area contributed by atoms with Gasteiger partial charge in [-0.05, 0) is 36.6 Å². The molecular formula is C19H20BrN5OS. The Hall–Kier alpha value is -2.19. The first-order valence-electron chi connectivity index (χ1n) is 8.93. The van der Waals surface area contributed by atoms with Crippen molar-refractivity contribution < 1.29 is 4.79 Å². The van der Waals surface area contributed by atoms with Gasteiger partial charge in [0.1, 0.15) is 0 Å². The van der Waals surface area contributed by atoms with Crippen molar-refractivity contribution in [2.45, 2.75) is 19.4 Å². The molecule has 8 heteroatoms. The standard InChI is InChI=1S/C19H20BrN5OS/c20-16-8-2-1-6-14(16)12-21-17(26)15-7-5-11-25(13-15)19-23-22-18(27-19)24-9-3-4-10-24/h1-4,6,8-10,15H,5,7,11-13H2,(H,21,26). The topological polar surface area (TPSA) is 63.1 Å². The summed E-state index contributed by atoms with van der Waals surface area (Å²) in [6, 6.07) is 11.9. The molecule has 1 atom stereocenters. The quantitative estimate of drug-likeness (QED) is 0.651. The third-order valence-electron chi connectivity index (χ3n) is 4.70. The van der Waals surface area contributed by atoms with Crippen LogP contribution in [0.1, 0.15) is 18.4 Å². The number of benzene rings is 1. The molecule has 1 fully saturated rings. The van der Waals surface area contributed by atoms with Gasteiger partial charge in [-0.3, -0.25) is 9.36 Å². The van der Waals surface area contributed by atoms with Crippen molar-refractivity contribution in [3.05, 3.63) is 58.8 Å². The Morgan fingerprint density at radius 3 is 2.78 bits per heavy atom. The van der Waals surface area contributed by atoms with Gasteiger partial charge in [-0.1, -0.05) is 45.5 Å². The van der Waals surface area contributed by atoms with Crippen LogP contribution in [0.5, 0.6) is 0 Å². The number of carbonyl (C=O) groups is 1. The fourth-order valence-corrected chi connectivity index (χ4v) is 4.51. The van der Waals surface area contributed by atoms with Crippen molar-refractivity contribution in [3.8, 4) is 5.13 Å². The van der Waals surface area contributed by atoms with Gasteiger partial charge in [0.2, 0.25) is 16.2 Å². The molecule has 1 aliphatic heterocycles. The summed E-state index contributed by atoms with van der Waals surface area (Å²) in [5, 5.41) is 13.4. The fourth-order valence-electron chi connectivity index (χ4n) is 3.24. The molecule has 1 unspecified atom stereocenters. The molecule has 0 radical (unpaired) electrons. The molecule has 4 rings (SSSR count). The Morgan fingerprint density at radius 1 is 1.19 bits per heavy atom. The zero-order chi connectivity index (χ0) is 18.6. The lowest BCUT2D eigenvalue weighted by atomic mass is 9.97. The predicted octanol–water partition coefficient (Wildman–Crippen LogP) is 3.62. The van der Waals surface area contributed by atoms with E-state index in [4.69, 9.17) is 0 Å². The van der Waals surface area contributed by atoms with Crippen LogP contribution in [0.3, 0.4) is 0 Å². The largest absolute Gasteiger partial charge is 0.352 e. The highest BCUT2D eigenvalue weighted by Crippen LogP contribution is 2.28. The minimum atomic E-state index is -0.0276. The molecule has 3 heterocycles. The van der Waals surface area contributed by atoms with Crippen LogP contribution >= 0.6 is 27.3 Å². The van der Waals surface area contributed by atoms with Crippen LogP contribution in [-0.2, 0) is 11.3 Å². The molecule has 2 aromatic heterocycles. The molecular weight excluding hydrogens is 426 g/mol. The molecule has 140 valence electrons. The van der Waals surface area contributed by atoms with Gasteiger partial charge >= 0.3 is 0 Å². The summed E-state index contributed by atoms with van der Waals surface area (Å²) in [6.07, 6.45) is 5.80. The van der Waals surface area contributed by atoms with Gasteiger partial charge in [0.15, 0.2) is 0 Å². The van der Waals surface area contributed by atoms with E-state index >= 15 is 0 Å². The predicted molar refractivity (Wildman–Crippen MR) is 110 cm³/mol. The number of amides is 1. The number of hydrogen-bond donors (Lipinski definition) is 1. The second-order valence-electron chi connectivity index (χ2n) is 6.55. The van der Waals surface area contributed by atoms with Gasteiger partial charge in [0.25, 0.3) is 0 Å². The number of piperidine rings is 1. The summed E-state index contributed by atoms with van der Waals surface area (Å²) in [5.74, 6) is 0.0748. The number of hydrogen-bond acceptors (Lipinski definition) is 5. The van der Waals surface area contributed by atoms with Gasteiger partial charge in [0.05, 0.1) is 5.92 Å². The fraction of sp³-hybridized carbons (Fsp3) is 0.316. The Kier molecular flexibility index (Phi) is 5.54. The summed E-state index contributed by atoms with van der Waals surface area (Å²) in [6.45, 7) is 2.13. The highest BCUT2D eigenvalue weighted by atomic mass is 79.9. The van der Waals surface area contributed by atoms with Crippen LogP contribution in [0, 0.1) is 5.92 Å². The summed E-state index contributed by atoms with van der Waals surface area (Å²) >= 11 is 5.08. The summed E-state index contributed by atoms with van der Waals surface area (Å²) < 4.78 is 2.97. The molecule has 3 aromatic rings. The molecule has 0 bridgehead atoms. The number of rotatable bonds is 5. The van der Waals surface area contributed by atoms with Gasteiger partial charge in [-0.25, -0.2) is 0 Å². The Balaban J connectivity index is 1.38. The van der Waals surface area contributed by atoms with Crippen LogP contribution in [0.25, 0.3) is 5.13 Å². The number of anilines is 1. The molecule has 0 saturated carbocycles. The van der Waals surface area contributed by atoms with Crippen LogP contribution in [0.2, 0.25) is 0 Å². The normalized spacial score (nSPS) is 17.1. The average molecular weight is 446 g/mol. The molecule has 0 spiro atoms. The Bertz CT molecular complexity index is 910. The smallest absolute Gasteiger partial charge is 0.225 e. The zero-order valence-corrected chi connectivity index (χ0v) is 17.1. The molecule has 1 saturated heterocycles. The van der Waals surface area contributed by atoms with Crippen LogP contribution in [-0.4, -0.2) is 33.8 Å². The Labute approximate surface area is 170 Å². The molecule has 0 aliphatic carbocycles. The summed E-state index contributed by atoms with van der Waals surface area (Å²) in [5.41, 5.74) is 1.08. The van der Waals surface area contributed by atoms with E-state index in [0.29, 0.717) is 13.1 Å². The SMILES string of the molecule is O=C(NCc1ccccc1Br)C1CCCN(c2nnc(-n3cccc3)s2)C1. The third kappa shape index (κ3) is 4.22. The van der Waals surface area contributed by atoms with E-state index in [9.17, 15) is 4.79 Å². The van der Waals surface area contributed by atoms with Crippen molar-refractivity contribution in [2.24, 2.45) is 5.92 Å². The first-order chi connectivity index (χ1) is 13.2. The third-order valence-corrected chi connectivity index (χ3v) is 6.47. The van der Waals surface area contributed by atoms with E-state index in [0.717, 1.165) is 39.7 Å². The minimum absolute atomic E-state index is 0.0276. The van der Waals surface area contributed by atoms with E-state index in [1.54, 1.807) is 11.3 Å². The lowest BCUT2D eigenvalue weighted by Gasteiger charge is -2.31. The highest BCUT2D eigenvalue weighted by molar-refractivity contribution is 9.10. The molecule has 27 heavy (non-hydrogen) atoms. The van der Waals surface area contributed by atoms with Crippen molar-refractivity contribution in [1.82, 2.24) is 20.1 Å². The maximum atomic E-state index is 12.7. The number of carbonyl (C=O) groups excluding carboxylic acids is 1. The Morgan fingerprint density at radius 2 is 1.96 bits per heavy atom. The maximum Gasteiger partial charge on any atom is 0.225 e. The molecule has 1 N–H and O–H groups in total. The first-order valence-corrected chi connectivity index (χ1v) is 10.5. The van der Waals surface area contributed by atoms with Gasteiger partial charge < -0.3 is 10.2 Å². The lowest BCUT2D eigenvalue weighted by molar-refractivity contribution is -0.125. The number of nitrogens with zero attached hydrogens (tertiary/aromatic N) is 4. The van der Waals surface area contributed by atoms with Crippen LogP contribution in [0.4, 0.5) is 5.13 Å².